The molecule has 0 aliphatic rings. The van der Waals surface area contributed by atoms with E-state index in [4.69, 9.17) is 11.6 Å². The largest absolute Gasteiger partial charge is 0.310 e. The smallest absolute Gasteiger partial charge is 0.146 e. The lowest BCUT2D eigenvalue weighted by molar-refractivity contribution is 0.453. The van der Waals surface area contributed by atoms with E-state index < -0.39 is 0 Å². The van der Waals surface area contributed by atoms with Crippen LogP contribution in [0.4, 0.5) is 4.39 Å². The van der Waals surface area contributed by atoms with Gasteiger partial charge in [-0.25, -0.2) is 4.39 Å². The Morgan fingerprint density at radius 2 is 1.94 bits per heavy atom. The molecule has 0 heterocycles. The Bertz CT molecular complexity index is 366. The molecule has 0 aliphatic heterocycles. The second-order valence-electron chi connectivity index (χ2n) is 5.32. The quantitative estimate of drug-likeness (QED) is 0.752. The van der Waals surface area contributed by atoms with Crippen LogP contribution in [0.3, 0.4) is 0 Å². The predicted octanol–water partition coefficient (Wildman–Crippen LogP) is 4.78. The monoisotopic (exact) mass is 271 g/mol. The van der Waals surface area contributed by atoms with Crippen LogP contribution in [0.2, 0.25) is 5.02 Å². The van der Waals surface area contributed by atoms with Gasteiger partial charge in [0.05, 0.1) is 5.02 Å². The molecule has 0 fully saturated rings. The molecule has 1 aromatic rings. The van der Waals surface area contributed by atoms with Crippen molar-refractivity contribution in [2.45, 2.75) is 52.6 Å². The highest BCUT2D eigenvalue weighted by Crippen LogP contribution is 2.18. The summed E-state index contributed by atoms with van der Waals surface area (Å²) in [5.41, 5.74) is 0.637. The third-order valence-corrected chi connectivity index (χ3v) is 3.38. The first-order chi connectivity index (χ1) is 8.50. The van der Waals surface area contributed by atoms with Crippen LogP contribution in [0.1, 0.15) is 45.6 Å². The number of hydrogen-bond donors (Lipinski definition) is 1. The van der Waals surface area contributed by atoms with Crippen LogP contribution in [0.25, 0.3) is 0 Å². The zero-order valence-corrected chi connectivity index (χ0v) is 12.2. The molecule has 18 heavy (non-hydrogen) atoms. The Labute approximate surface area is 115 Å². The molecule has 0 aromatic heterocycles. The topological polar surface area (TPSA) is 12.0 Å². The Kier molecular flexibility index (Phi) is 6.66. The molecule has 1 atom stereocenters. The zero-order chi connectivity index (χ0) is 13.5. The number of benzene rings is 1. The second kappa shape index (κ2) is 7.75. The summed E-state index contributed by atoms with van der Waals surface area (Å²) in [5.74, 6) is 0.448. The lowest BCUT2D eigenvalue weighted by Crippen LogP contribution is -2.25. The maximum Gasteiger partial charge on any atom is 0.146 e. The van der Waals surface area contributed by atoms with Crippen molar-refractivity contribution in [1.29, 1.82) is 0 Å². The van der Waals surface area contributed by atoms with E-state index in [1.165, 1.54) is 12.8 Å². The van der Waals surface area contributed by atoms with E-state index in [0.29, 0.717) is 18.2 Å². The van der Waals surface area contributed by atoms with Gasteiger partial charge in [0.1, 0.15) is 5.82 Å². The molecule has 1 aromatic carbocycles. The Morgan fingerprint density at radius 1 is 1.22 bits per heavy atom. The Hall–Kier alpha value is -0.600. The van der Waals surface area contributed by atoms with Crippen LogP contribution in [-0.4, -0.2) is 6.04 Å². The molecule has 0 radical (unpaired) electrons. The van der Waals surface area contributed by atoms with Gasteiger partial charge < -0.3 is 5.32 Å². The molecule has 0 amide bonds. The van der Waals surface area contributed by atoms with Crippen LogP contribution < -0.4 is 5.32 Å². The van der Waals surface area contributed by atoms with Gasteiger partial charge in [-0.1, -0.05) is 50.4 Å². The van der Waals surface area contributed by atoms with Crippen LogP contribution >= 0.6 is 11.6 Å². The minimum Gasteiger partial charge on any atom is -0.310 e. The summed E-state index contributed by atoms with van der Waals surface area (Å²) in [6, 6.07) is 5.54. The van der Waals surface area contributed by atoms with Gasteiger partial charge in [0.2, 0.25) is 0 Å². The van der Waals surface area contributed by atoms with Gasteiger partial charge >= 0.3 is 0 Å². The fourth-order valence-electron chi connectivity index (χ4n) is 1.90. The first kappa shape index (κ1) is 15.5. The van der Waals surface area contributed by atoms with Gasteiger partial charge in [0.15, 0.2) is 0 Å². The van der Waals surface area contributed by atoms with Crippen LogP contribution in [0.15, 0.2) is 18.2 Å². The summed E-state index contributed by atoms with van der Waals surface area (Å²) in [4.78, 5) is 0. The highest BCUT2D eigenvalue weighted by molar-refractivity contribution is 6.30. The summed E-state index contributed by atoms with van der Waals surface area (Å²) in [6.45, 7) is 7.15. The van der Waals surface area contributed by atoms with E-state index in [1.807, 2.05) is 0 Å². The lowest BCUT2D eigenvalue weighted by Gasteiger charge is -2.15. The van der Waals surface area contributed by atoms with Crippen molar-refractivity contribution < 1.29 is 4.39 Å². The van der Waals surface area contributed by atoms with Crippen molar-refractivity contribution in [1.82, 2.24) is 5.32 Å². The van der Waals surface area contributed by atoms with Crippen molar-refractivity contribution in [3.05, 3.63) is 34.6 Å². The summed E-state index contributed by atoms with van der Waals surface area (Å²) in [7, 11) is 0. The first-order valence-electron chi connectivity index (χ1n) is 6.67. The highest BCUT2D eigenvalue weighted by atomic mass is 35.5. The molecule has 1 rings (SSSR count). The lowest BCUT2D eigenvalue weighted by atomic mass is 10.0. The molecule has 102 valence electrons. The molecule has 1 nitrogen and oxygen atoms in total. The van der Waals surface area contributed by atoms with E-state index in [-0.39, 0.29) is 10.8 Å². The molecule has 1 N–H and O–H groups in total. The van der Waals surface area contributed by atoms with Gasteiger partial charge in [-0.2, -0.15) is 0 Å². The van der Waals surface area contributed by atoms with E-state index >= 15 is 0 Å². The molecule has 1 unspecified atom stereocenters. The van der Waals surface area contributed by atoms with Gasteiger partial charge in [-0.3, -0.25) is 0 Å². The fourth-order valence-corrected chi connectivity index (χ4v) is 2.10. The van der Waals surface area contributed by atoms with Gasteiger partial charge in [0.25, 0.3) is 0 Å². The number of hydrogen-bond acceptors (Lipinski definition) is 1. The molecule has 0 bridgehead atoms. The first-order valence-corrected chi connectivity index (χ1v) is 7.04. The third-order valence-electron chi connectivity index (χ3n) is 3.09. The summed E-state index contributed by atoms with van der Waals surface area (Å²) < 4.78 is 13.6. The maximum atomic E-state index is 13.6. The maximum absolute atomic E-state index is 13.6. The van der Waals surface area contributed by atoms with Crippen LogP contribution in [0, 0.1) is 11.7 Å². The summed E-state index contributed by atoms with van der Waals surface area (Å²) in [5, 5.41) is 3.54. The average Bonchev–Trinajstić information content (AvgIpc) is 2.30. The highest BCUT2D eigenvalue weighted by Gasteiger charge is 2.08. The van der Waals surface area contributed by atoms with E-state index in [1.54, 1.807) is 18.2 Å². The van der Waals surface area contributed by atoms with Gasteiger partial charge in [-0.05, 0) is 25.3 Å². The van der Waals surface area contributed by atoms with E-state index in [0.717, 1.165) is 12.3 Å². The molecule has 0 saturated heterocycles. The number of rotatable bonds is 7. The Balaban J connectivity index is 2.33. The van der Waals surface area contributed by atoms with E-state index in [2.05, 4.69) is 26.1 Å². The molecular weight excluding hydrogens is 249 g/mol. The fraction of sp³-hybridized carbons (Fsp3) is 0.600. The molecule has 3 heteroatoms. The normalized spacial score (nSPS) is 13.0. The molecule has 0 aliphatic carbocycles. The summed E-state index contributed by atoms with van der Waals surface area (Å²) in [6.07, 6.45) is 3.59. The molecule has 0 saturated carbocycles. The van der Waals surface area contributed by atoms with Gasteiger partial charge in [-0.15, -0.1) is 0 Å². The van der Waals surface area contributed by atoms with Gasteiger partial charge in [0, 0.05) is 18.2 Å². The number of halogens is 2. The van der Waals surface area contributed by atoms with Crippen molar-refractivity contribution in [3.8, 4) is 0 Å². The minimum absolute atomic E-state index is 0.196. The molecule has 0 spiro atoms. The van der Waals surface area contributed by atoms with Crippen molar-refractivity contribution in [2.24, 2.45) is 5.92 Å². The van der Waals surface area contributed by atoms with Crippen molar-refractivity contribution in [2.75, 3.05) is 0 Å². The Morgan fingerprint density at radius 3 is 2.61 bits per heavy atom. The number of nitrogens with one attached hydrogen (secondary N) is 1. The average molecular weight is 272 g/mol. The van der Waals surface area contributed by atoms with E-state index in [9.17, 15) is 4.39 Å². The second-order valence-corrected chi connectivity index (χ2v) is 5.73. The predicted molar refractivity (Wildman–Crippen MR) is 76.4 cm³/mol. The van der Waals surface area contributed by atoms with Crippen molar-refractivity contribution in [3.63, 3.8) is 0 Å². The summed E-state index contributed by atoms with van der Waals surface area (Å²) >= 11 is 5.74. The zero-order valence-electron chi connectivity index (χ0n) is 11.5. The molecular formula is C15H23ClFN. The minimum atomic E-state index is -0.305. The van der Waals surface area contributed by atoms with Crippen molar-refractivity contribution >= 4 is 11.6 Å². The third kappa shape index (κ3) is 5.36. The van der Waals surface area contributed by atoms with Crippen LogP contribution in [-0.2, 0) is 6.54 Å². The van der Waals surface area contributed by atoms with Crippen LogP contribution in [0.5, 0.6) is 0 Å². The standard InChI is InChI=1S/C15H23ClFN/c1-11(2)6-4-7-12(3)18-10-13-8-5-9-14(16)15(13)17/h5,8-9,11-12,18H,4,6-7,10H2,1-3H3. The SMILES string of the molecule is CC(C)CCCC(C)NCc1cccc(Cl)c1F.